The number of amides is 2. The number of halogens is 2. The first kappa shape index (κ1) is 20.5. The van der Waals surface area contributed by atoms with Gasteiger partial charge in [0.05, 0.1) is 22.7 Å². The fraction of sp³-hybridized carbons (Fsp3) is 0.333. The highest BCUT2D eigenvalue weighted by Gasteiger charge is 2.30. The fourth-order valence-electron chi connectivity index (χ4n) is 3.40. The summed E-state index contributed by atoms with van der Waals surface area (Å²) >= 11 is 12.0. The molecule has 7 heteroatoms. The summed E-state index contributed by atoms with van der Waals surface area (Å²) in [5.74, 6) is 0.563. The van der Waals surface area contributed by atoms with Crippen LogP contribution in [0.4, 0.5) is 0 Å². The summed E-state index contributed by atoms with van der Waals surface area (Å²) in [6, 6.07) is 12.1. The van der Waals surface area contributed by atoms with Gasteiger partial charge in [0.1, 0.15) is 11.8 Å². The van der Waals surface area contributed by atoms with Gasteiger partial charge in [0.15, 0.2) is 0 Å². The normalized spacial score (nSPS) is 17.3. The zero-order valence-electron chi connectivity index (χ0n) is 15.7. The second kappa shape index (κ2) is 8.84. The van der Waals surface area contributed by atoms with Crippen LogP contribution in [0.5, 0.6) is 5.75 Å². The van der Waals surface area contributed by atoms with E-state index < -0.39 is 11.9 Å². The summed E-state index contributed by atoms with van der Waals surface area (Å²) in [5, 5.41) is 3.20. The topological polar surface area (TPSA) is 58.6 Å². The van der Waals surface area contributed by atoms with E-state index in [-0.39, 0.29) is 22.4 Å². The largest absolute Gasteiger partial charge is 0.497 e. The van der Waals surface area contributed by atoms with Gasteiger partial charge in [0.25, 0.3) is 5.91 Å². The lowest BCUT2D eigenvalue weighted by Crippen LogP contribution is -2.46. The van der Waals surface area contributed by atoms with Crippen LogP contribution in [-0.2, 0) is 4.79 Å². The average Bonchev–Trinajstić information content (AvgIpc) is 3.19. The Hall–Kier alpha value is -2.24. The van der Waals surface area contributed by atoms with Crippen molar-refractivity contribution in [3.8, 4) is 5.75 Å². The van der Waals surface area contributed by atoms with Crippen molar-refractivity contribution in [2.75, 3.05) is 20.2 Å². The number of methoxy groups -OCH3 is 1. The van der Waals surface area contributed by atoms with Crippen LogP contribution in [0.3, 0.4) is 0 Å². The third-order valence-corrected chi connectivity index (χ3v) is 5.82. The maximum Gasteiger partial charge on any atom is 0.253 e. The van der Waals surface area contributed by atoms with Crippen molar-refractivity contribution in [1.82, 2.24) is 10.2 Å². The summed E-state index contributed by atoms with van der Waals surface area (Å²) in [4.78, 5) is 27.0. The molecule has 2 aromatic rings. The number of likely N-dealkylation sites (tertiary alicyclic amines) is 1. The van der Waals surface area contributed by atoms with Crippen molar-refractivity contribution >= 4 is 35.0 Å². The maximum absolute atomic E-state index is 12.8. The maximum atomic E-state index is 12.8. The molecule has 0 bridgehead atoms. The Balaban J connectivity index is 1.60. The average molecular weight is 421 g/mol. The van der Waals surface area contributed by atoms with Crippen LogP contribution >= 0.6 is 23.2 Å². The molecule has 5 nitrogen and oxygen atoms in total. The number of rotatable bonds is 5. The summed E-state index contributed by atoms with van der Waals surface area (Å²) in [7, 11) is 1.64. The van der Waals surface area contributed by atoms with Gasteiger partial charge in [-0.05, 0) is 43.2 Å². The molecule has 1 heterocycles. The Kier molecular flexibility index (Phi) is 6.47. The number of carbonyl (C=O) groups is 2. The SMILES string of the molecule is COc1ccc(C2CCN(C(=O)C(C)NC(=O)c3cccc(Cl)c3Cl)C2)cc1. The van der Waals surface area contributed by atoms with E-state index in [2.05, 4.69) is 5.32 Å². The highest BCUT2D eigenvalue weighted by atomic mass is 35.5. The third-order valence-electron chi connectivity index (χ3n) is 5.00. The minimum atomic E-state index is -0.655. The predicted molar refractivity (Wildman–Crippen MR) is 110 cm³/mol. The van der Waals surface area contributed by atoms with Crippen molar-refractivity contribution in [2.45, 2.75) is 25.3 Å². The zero-order valence-corrected chi connectivity index (χ0v) is 17.3. The minimum absolute atomic E-state index is 0.109. The van der Waals surface area contributed by atoms with Crippen molar-refractivity contribution in [2.24, 2.45) is 0 Å². The van der Waals surface area contributed by atoms with Gasteiger partial charge in [-0.3, -0.25) is 9.59 Å². The van der Waals surface area contributed by atoms with Gasteiger partial charge in [0, 0.05) is 19.0 Å². The molecule has 1 N–H and O–H groups in total. The number of nitrogens with one attached hydrogen (secondary N) is 1. The summed E-state index contributed by atoms with van der Waals surface area (Å²) < 4.78 is 5.19. The molecule has 2 aromatic carbocycles. The van der Waals surface area contributed by atoms with Gasteiger partial charge in [0.2, 0.25) is 5.91 Å². The van der Waals surface area contributed by atoms with Gasteiger partial charge in [-0.1, -0.05) is 41.4 Å². The Morgan fingerprint density at radius 2 is 1.89 bits per heavy atom. The molecule has 0 saturated carbocycles. The van der Waals surface area contributed by atoms with Crippen LogP contribution in [0.2, 0.25) is 10.0 Å². The van der Waals surface area contributed by atoms with Crippen molar-refractivity contribution in [1.29, 1.82) is 0 Å². The number of benzene rings is 2. The number of nitrogens with zero attached hydrogens (tertiary/aromatic N) is 1. The van der Waals surface area contributed by atoms with Gasteiger partial charge >= 0.3 is 0 Å². The zero-order chi connectivity index (χ0) is 20.3. The van der Waals surface area contributed by atoms with Crippen LogP contribution in [0, 0.1) is 0 Å². The second-order valence-electron chi connectivity index (χ2n) is 6.84. The Bertz CT molecular complexity index is 870. The molecule has 1 aliphatic rings. The molecule has 3 rings (SSSR count). The summed E-state index contributed by atoms with van der Waals surface area (Å²) in [6.07, 6.45) is 0.888. The molecule has 148 valence electrons. The van der Waals surface area contributed by atoms with E-state index in [0.29, 0.717) is 18.1 Å². The van der Waals surface area contributed by atoms with E-state index in [9.17, 15) is 9.59 Å². The molecule has 2 atom stereocenters. The lowest BCUT2D eigenvalue weighted by atomic mass is 9.98. The van der Waals surface area contributed by atoms with Crippen LogP contribution < -0.4 is 10.1 Å². The van der Waals surface area contributed by atoms with Crippen molar-refractivity contribution < 1.29 is 14.3 Å². The predicted octanol–water partition coefficient (Wildman–Crippen LogP) is 4.14. The van der Waals surface area contributed by atoms with E-state index in [1.54, 1.807) is 37.1 Å². The first-order valence-electron chi connectivity index (χ1n) is 9.08. The van der Waals surface area contributed by atoms with Crippen LogP contribution in [0.25, 0.3) is 0 Å². The van der Waals surface area contributed by atoms with Crippen molar-refractivity contribution in [3.05, 3.63) is 63.6 Å². The number of ether oxygens (including phenoxy) is 1. The molecule has 0 spiro atoms. The van der Waals surface area contributed by atoms with E-state index >= 15 is 0 Å². The molecule has 0 aliphatic carbocycles. The molecule has 1 aliphatic heterocycles. The third kappa shape index (κ3) is 4.42. The summed E-state index contributed by atoms with van der Waals surface area (Å²) in [6.45, 7) is 2.97. The standard InChI is InChI=1S/C21H22Cl2N2O3/c1-13(24-20(26)17-4-3-5-18(22)19(17)23)21(27)25-11-10-15(12-25)14-6-8-16(28-2)9-7-14/h3-9,13,15H,10-12H2,1-2H3,(H,24,26). The monoisotopic (exact) mass is 420 g/mol. The lowest BCUT2D eigenvalue weighted by molar-refractivity contribution is -0.131. The van der Waals surface area contributed by atoms with E-state index in [4.69, 9.17) is 27.9 Å². The lowest BCUT2D eigenvalue weighted by Gasteiger charge is -2.22. The molecule has 0 aromatic heterocycles. The van der Waals surface area contributed by atoms with Crippen LogP contribution in [0.1, 0.15) is 35.2 Å². The van der Waals surface area contributed by atoms with E-state index in [1.807, 2.05) is 24.3 Å². The van der Waals surface area contributed by atoms with Crippen LogP contribution in [-0.4, -0.2) is 43.0 Å². The Morgan fingerprint density at radius 3 is 2.57 bits per heavy atom. The smallest absolute Gasteiger partial charge is 0.253 e. The highest BCUT2D eigenvalue weighted by Crippen LogP contribution is 2.29. The highest BCUT2D eigenvalue weighted by molar-refractivity contribution is 6.43. The first-order chi connectivity index (χ1) is 13.4. The fourth-order valence-corrected chi connectivity index (χ4v) is 3.78. The Morgan fingerprint density at radius 1 is 1.18 bits per heavy atom. The molecule has 0 radical (unpaired) electrons. The molecule has 2 amide bonds. The number of carbonyl (C=O) groups excluding carboxylic acids is 2. The van der Waals surface area contributed by atoms with E-state index in [0.717, 1.165) is 12.2 Å². The molecular weight excluding hydrogens is 399 g/mol. The summed E-state index contributed by atoms with van der Waals surface area (Å²) in [5.41, 5.74) is 1.44. The van der Waals surface area contributed by atoms with Gasteiger partial charge in [-0.2, -0.15) is 0 Å². The molecule has 28 heavy (non-hydrogen) atoms. The number of hydrogen-bond acceptors (Lipinski definition) is 3. The van der Waals surface area contributed by atoms with Crippen LogP contribution in [0.15, 0.2) is 42.5 Å². The molecular formula is C21H22Cl2N2O3. The van der Waals surface area contributed by atoms with Gasteiger partial charge < -0.3 is 15.0 Å². The molecule has 1 fully saturated rings. The first-order valence-corrected chi connectivity index (χ1v) is 9.84. The second-order valence-corrected chi connectivity index (χ2v) is 7.62. The van der Waals surface area contributed by atoms with Gasteiger partial charge in [-0.25, -0.2) is 0 Å². The molecule has 2 unspecified atom stereocenters. The Labute approximate surface area is 174 Å². The minimum Gasteiger partial charge on any atom is -0.497 e. The van der Waals surface area contributed by atoms with Crippen molar-refractivity contribution in [3.63, 3.8) is 0 Å². The molecule has 1 saturated heterocycles. The van der Waals surface area contributed by atoms with Gasteiger partial charge in [-0.15, -0.1) is 0 Å². The number of hydrogen-bond donors (Lipinski definition) is 1. The van der Waals surface area contributed by atoms with E-state index in [1.165, 1.54) is 5.56 Å². The quantitative estimate of drug-likeness (QED) is 0.790.